The number of fused-ring (bicyclic) bond motifs is 2. The van der Waals surface area contributed by atoms with Gasteiger partial charge in [0.2, 0.25) is 4.33 Å². The van der Waals surface area contributed by atoms with Gasteiger partial charge in [-0.25, -0.2) is 0 Å². The van der Waals surface area contributed by atoms with Gasteiger partial charge in [0.1, 0.15) is 5.78 Å². The predicted molar refractivity (Wildman–Crippen MR) is 77.6 cm³/mol. The number of halogens is 2. The lowest BCUT2D eigenvalue weighted by Crippen LogP contribution is -2.60. The molecular weight excluding hydrogens is 297 g/mol. The Kier molecular flexibility index (Phi) is 3.51. The molecule has 1 heterocycles. The molecule has 1 saturated heterocycles. The number of piperidine rings is 1. The van der Waals surface area contributed by atoms with E-state index in [9.17, 15) is 9.59 Å². The molecule has 1 aliphatic carbocycles. The van der Waals surface area contributed by atoms with Crippen LogP contribution in [0.5, 0.6) is 0 Å². The van der Waals surface area contributed by atoms with Gasteiger partial charge in [0.15, 0.2) is 0 Å². The van der Waals surface area contributed by atoms with Crippen LogP contribution in [0.1, 0.15) is 24.8 Å². The topological polar surface area (TPSA) is 37.4 Å². The molecule has 1 aromatic rings. The van der Waals surface area contributed by atoms with Crippen LogP contribution in [0.3, 0.4) is 0 Å². The van der Waals surface area contributed by atoms with Crippen LogP contribution in [0, 0.1) is 5.92 Å². The smallest absolute Gasteiger partial charge is 0.260 e. The average molecular weight is 312 g/mol. The zero-order valence-electron chi connectivity index (χ0n) is 10.9. The van der Waals surface area contributed by atoms with Crippen molar-refractivity contribution in [1.29, 1.82) is 0 Å². The van der Waals surface area contributed by atoms with Gasteiger partial charge in [0.25, 0.3) is 5.91 Å². The fraction of sp³-hybridized carbons (Fsp3) is 0.467. The minimum atomic E-state index is -1.61. The summed E-state index contributed by atoms with van der Waals surface area (Å²) in [5.74, 6) is -0.873. The third-order valence-electron chi connectivity index (χ3n) is 4.24. The van der Waals surface area contributed by atoms with E-state index in [1.165, 1.54) is 0 Å². The SMILES string of the molecule is O=C1CCC2CC1C(Cl)(Cl)C(=O)N2Cc1ccccc1. The van der Waals surface area contributed by atoms with E-state index in [2.05, 4.69) is 0 Å². The van der Waals surface area contributed by atoms with E-state index in [-0.39, 0.29) is 17.7 Å². The van der Waals surface area contributed by atoms with Gasteiger partial charge >= 0.3 is 0 Å². The van der Waals surface area contributed by atoms with Gasteiger partial charge in [0.05, 0.1) is 5.92 Å². The van der Waals surface area contributed by atoms with Crippen LogP contribution < -0.4 is 0 Å². The van der Waals surface area contributed by atoms with E-state index in [1.54, 1.807) is 4.90 Å². The first-order valence-electron chi connectivity index (χ1n) is 6.75. The Hall–Kier alpha value is -1.06. The molecule has 2 bridgehead atoms. The Balaban J connectivity index is 1.88. The molecule has 2 aliphatic rings. The molecule has 106 valence electrons. The number of alkyl halides is 2. The Bertz CT molecular complexity index is 544. The Morgan fingerprint density at radius 2 is 1.90 bits per heavy atom. The van der Waals surface area contributed by atoms with E-state index >= 15 is 0 Å². The lowest BCUT2D eigenvalue weighted by atomic mass is 9.77. The average Bonchev–Trinajstić information content (AvgIpc) is 2.44. The van der Waals surface area contributed by atoms with Crippen molar-refractivity contribution in [2.75, 3.05) is 0 Å². The van der Waals surface area contributed by atoms with Gasteiger partial charge < -0.3 is 4.90 Å². The molecule has 2 unspecified atom stereocenters. The molecule has 1 amide bonds. The molecule has 3 rings (SSSR count). The summed E-state index contributed by atoms with van der Waals surface area (Å²) in [6.07, 6.45) is 1.73. The molecule has 2 fully saturated rings. The van der Waals surface area contributed by atoms with Crippen molar-refractivity contribution in [3.63, 3.8) is 0 Å². The maximum absolute atomic E-state index is 12.5. The maximum atomic E-state index is 12.5. The molecule has 0 aromatic heterocycles. The second-order valence-electron chi connectivity index (χ2n) is 5.49. The Morgan fingerprint density at radius 3 is 2.60 bits per heavy atom. The number of rotatable bonds is 2. The Labute approximate surface area is 127 Å². The molecule has 1 aliphatic heterocycles. The van der Waals surface area contributed by atoms with E-state index in [0.29, 0.717) is 25.8 Å². The van der Waals surface area contributed by atoms with Gasteiger partial charge in [-0.05, 0) is 18.4 Å². The van der Waals surface area contributed by atoms with Crippen LogP contribution in [-0.4, -0.2) is 27.0 Å². The van der Waals surface area contributed by atoms with Crippen molar-refractivity contribution < 1.29 is 9.59 Å². The van der Waals surface area contributed by atoms with E-state index in [4.69, 9.17) is 23.2 Å². The number of hydrogen-bond acceptors (Lipinski definition) is 2. The minimum Gasteiger partial charge on any atom is -0.333 e. The number of carbonyl (C=O) groups excluding carboxylic acids is 2. The fourth-order valence-corrected chi connectivity index (χ4v) is 3.76. The van der Waals surface area contributed by atoms with Crippen LogP contribution in [0.2, 0.25) is 0 Å². The highest BCUT2D eigenvalue weighted by Gasteiger charge is 2.56. The fourth-order valence-electron chi connectivity index (χ4n) is 3.13. The van der Waals surface area contributed by atoms with E-state index in [0.717, 1.165) is 5.56 Å². The molecule has 0 N–H and O–H groups in total. The highest BCUT2D eigenvalue weighted by Crippen LogP contribution is 2.46. The molecule has 2 atom stereocenters. The number of benzene rings is 1. The summed E-state index contributed by atoms with van der Waals surface area (Å²) in [6.45, 7) is 0.493. The molecule has 1 saturated carbocycles. The minimum absolute atomic E-state index is 0.0129. The van der Waals surface area contributed by atoms with Crippen molar-refractivity contribution in [3.8, 4) is 0 Å². The number of nitrogens with zero attached hydrogens (tertiary/aromatic N) is 1. The first-order chi connectivity index (χ1) is 9.50. The molecule has 0 radical (unpaired) electrons. The van der Waals surface area contributed by atoms with E-state index < -0.39 is 10.3 Å². The number of likely N-dealkylation sites (tertiary alicyclic amines) is 1. The lowest BCUT2D eigenvalue weighted by Gasteiger charge is -2.47. The molecule has 0 spiro atoms. The zero-order valence-corrected chi connectivity index (χ0v) is 12.4. The van der Waals surface area contributed by atoms with Crippen LogP contribution >= 0.6 is 23.2 Å². The summed E-state index contributed by atoms with van der Waals surface area (Å²) >= 11 is 12.4. The summed E-state index contributed by atoms with van der Waals surface area (Å²) < 4.78 is -1.61. The van der Waals surface area contributed by atoms with Crippen molar-refractivity contribution in [2.45, 2.75) is 36.2 Å². The van der Waals surface area contributed by atoms with Crippen LogP contribution in [0.25, 0.3) is 0 Å². The van der Waals surface area contributed by atoms with Crippen molar-refractivity contribution in [2.24, 2.45) is 5.92 Å². The molecule has 3 nitrogen and oxygen atoms in total. The quantitative estimate of drug-likeness (QED) is 0.788. The second-order valence-corrected chi connectivity index (χ2v) is 6.87. The van der Waals surface area contributed by atoms with Crippen LogP contribution in [0.15, 0.2) is 30.3 Å². The molecule has 1 aromatic carbocycles. The third kappa shape index (κ3) is 2.23. The van der Waals surface area contributed by atoms with Gasteiger partial charge in [-0.2, -0.15) is 0 Å². The Morgan fingerprint density at radius 1 is 1.20 bits per heavy atom. The zero-order chi connectivity index (χ0) is 14.3. The molecule has 5 heteroatoms. The summed E-state index contributed by atoms with van der Waals surface area (Å²) in [7, 11) is 0. The summed E-state index contributed by atoms with van der Waals surface area (Å²) in [4.78, 5) is 26.1. The summed E-state index contributed by atoms with van der Waals surface area (Å²) in [5, 5.41) is 0. The largest absolute Gasteiger partial charge is 0.333 e. The highest BCUT2D eigenvalue weighted by atomic mass is 35.5. The van der Waals surface area contributed by atoms with Crippen LogP contribution in [-0.2, 0) is 16.1 Å². The standard InChI is InChI=1S/C15H15Cl2NO2/c16-15(17)12-8-11(6-7-13(12)19)18(14(15)20)9-10-4-2-1-3-5-10/h1-5,11-12H,6-9H2. The van der Waals surface area contributed by atoms with E-state index in [1.807, 2.05) is 30.3 Å². The second kappa shape index (κ2) is 5.05. The first-order valence-corrected chi connectivity index (χ1v) is 7.51. The van der Waals surface area contributed by atoms with Crippen molar-refractivity contribution in [3.05, 3.63) is 35.9 Å². The number of amides is 1. The number of ketones is 1. The van der Waals surface area contributed by atoms with Crippen molar-refractivity contribution in [1.82, 2.24) is 4.90 Å². The monoisotopic (exact) mass is 311 g/mol. The first kappa shape index (κ1) is 13.9. The molecule has 20 heavy (non-hydrogen) atoms. The van der Waals surface area contributed by atoms with Gasteiger partial charge in [-0.1, -0.05) is 53.5 Å². The normalized spacial score (nSPS) is 28.6. The summed E-state index contributed by atoms with van der Waals surface area (Å²) in [6, 6.07) is 9.81. The van der Waals surface area contributed by atoms with Gasteiger partial charge in [-0.15, -0.1) is 0 Å². The summed E-state index contributed by atoms with van der Waals surface area (Å²) in [5.41, 5.74) is 1.04. The lowest BCUT2D eigenvalue weighted by molar-refractivity contribution is -0.148. The van der Waals surface area contributed by atoms with Gasteiger partial charge in [-0.3, -0.25) is 9.59 Å². The number of carbonyl (C=O) groups is 2. The van der Waals surface area contributed by atoms with Crippen LogP contribution in [0.4, 0.5) is 0 Å². The number of hydrogen-bond donors (Lipinski definition) is 0. The van der Waals surface area contributed by atoms with Gasteiger partial charge in [0, 0.05) is 19.0 Å². The number of Topliss-reactive ketones (excluding diaryl/α,β-unsaturated/α-hetero) is 1. The third-order valence-corrected chi connectivity index (χ3v) is 5.09. The van der Waals surface area contributed by atoms with Crippen molar-refractivity contribution >= 4 is 34.9 Å². The highest BCUT2D eigenvalue weighted by molar-refractivity contribution is 6.59. The maximum Gasteiger partial charge on any atom is 0.260 e. The molecular formula is C15H15Cl2NO2. The predicted octanol–water partition coefficient (Wildman–Crippen LogP) is 2.94.